The number of alkyl halides is 1. The Hall–Kier alpha value is -0.570. The van der Waals surface area contributed by atoms with Gasteiger partial charge in [0.1, 0.15) is 0 Å². The lowest BCUT2D eigenvalue weighted by atomic mass is 10.2. The Morgan fingerprint density at radius 2 is 2.18 bits per heavy atom. The zero-order valence-corrected chi connectivity index (χ0v) is 12.3. The molecule has 1 unspecified atom stereocenters. The molecule has 0 spiro atoms. The van der Waals surface area contributed by atoms with Crippen LogP contribution in [0.15, 0.2) is 27.6 Å². The fourth-order valence-corrected chi connectivity index (χ4v) is 4.29. The summed E-state index contributed by atoms with van der Waals surface area (Å²) in [5, 5.41) is 8.17. The van der Waals surface area contributed by atoms with E-state index in [1.807, 2.05) is 6.07 Å². The van der Waals surface area contributed by atoms with Crippen molar-refractivity contribution in [2.75, 3.05) is 5.88 Å². The van der Waals surface area contributed by atoms with Crippen molar-refractivity contribution in [2.24, 2.45) is 0 Å². The molecule has 3 nitrogen and oxygen atoms in total. The van der Waals surface area contributed by atoms with Gasteiger partial charge in [-0.1, -0.05) is 0 Å². The average molecular weight is 337 g/mol. The quantitative estimate of drug-likeness (QED) is 0.794. The molecule has 0 N–H and O–H groups in total. The van der Waals surface area contributed by atoms with E-state index < -0.39 is 15.1 Å². The lowest BCUT2D eigenvalue weighted by molar-refractivity contribution is 0.581. The van der Waals surface area contributed by atoms with Crippen molar-refractivity contribution in [3.8, 4) is 6.07 Å². The average Bonchev–Trinajstić information content (AvgIpc) is 2.28. The highest BCUT2D eigenvalue weighted by Gasteiger charge is 2.25. The Morgan fingerprint density at radius 3 is 2.65 bits per heavy atom. The minimum atomic E-state index is -3.40. The number of hydrogen-bond donors (Lipinski definition) is 0. The molecule has 0 amide bonds. The zero-order valence-electron chi connectivity index (χ0n) is 9.15. The number of hydrogen-bond acceptors (Lipinski definition) is 3. The summed E-state index contributed by atoms with van der Waals surface area (Å²) in [6, 6.07) is 6.39. The number of nitrogens with zero attached hydrogens (tertiary/aromatic N) is 1. The minimum Gasteiger partial charge on any atom is -0.223 e. The number of halogens is 2. The zero-order chi connectivity index (χ0) is 13.1. The molecular formula is C11H11BrClNO2S. The van der Waals surface area contributed by atoms with E-state index in [4.69, 9.17) is 16.9 Å². The highest BCUT2D eigenvalue weighted by molar-refractivity contribution is 9.10. The molecule has 1 rings (SSSR count). The molecule has 6 heteroatoms. The maximum atomic E-state index is 12.2. The van der Waals surface area contributed by atoms with Crippen LogP contribution in [-0.4, -0.2) is 19.5 Å². The molecule has 92 valence electrons. The van der Waals surface area contributed by atoms with Crippen molar-refractivity contribution in [3.05, 3.63) is 28.2 Å². The summed E-state index contributed by atoms with van der Waals surface area (Å²) in [5.41, 5.74) is 0.417. The van der Waals surface area contributed by atoms with Gasteiger partial charge < -0.3 is 0 Å². The maximum Gasteiger partial charge on any atom is 0.182 e. The van der Waals surface area contributed by atoms with Crippen LogP contribution in [0.25, 0.3) is 0 Å². The van der Waals surface area contributed by atoms with Crippen LogP contribution >= 0.6 is 27.5 Å². The molecule has 0 saturated heterocycles. The third-order valence-corrected chi connectivity index (χ3v) is 5.81. The van der Waals surface area contributed by atoms with Crippen molar-refractivity contribution in [3.63, 3.8) is 0 Å². The summed E-state index contributed by atoms with van der Waals surface area (Å²) in [6.45, 7) is 1.63. The normalized spacial score (nSPS) is 13.1. The van der Waals surface area contributed by atoms with Crippen molar-refractivity contribution >= 4 is 37.4 Å². The van der Waals surface area contributed by atoms with Crippen LogP contribution in [0.5, 0.6) is 0 Å². The van der Waals surface area contributed by atoms with Crippen molar-refractivity contribution in [2.45, 2.75) is 23.5 Å². The van der Waals surface area contributed by atoms with Gasteiger partial charge in [0.05, 0.1) is 21.8 Å². The van der Waals surface area contributed by atoms with Gasteiger partial charge in [0.2, 0.25) is 0 Å². The summed E-state index contributed by atoms with van der Waals surface area (Å²) >= 11 is 8.74. The smallest absolute Gasteiger partial charge is 0.182 e. The Morgan fingerprint density at radius 1 is 1.53 bits per heavy atom. The summed E-state index contributed by atoms with van der Waals surface area (Å²) in [5.74, 6) is 0.300. The Balaban J connectivity index is 3.21. The fourth-order valence-electron chi connectivity index (χ4n) is 1.33. The Bertz CT molecular complexity index is 551. The van der Waals surface area contributed by atoms with Crippen LogP contribution in [0.3, 0.4) is 0 Å². The molecule has 0 radical (unpaired) electrons. The Kier molecular flexibility index (Phi) is 4.99. The van der Waals surface area contributed by atoms with Gasteiger partial charge in [0, 0.05) is 10.4 Å². The maximum absolute atomic E-state index is 12.2. The molecule has 17 heavy (non-hydrogen) atoms. The van der Waals surface area contributed by atoms with E-state index in [2.05, 4.69) is 15.9 Å². The van der Waals surface area contributed by atoms with E-state index in [-0.39, 0.29) is 4.90 Å². The first-order valence-corrected chi connectivity index (χ1v) is 7.80. The van der Waals surface area contributed by atoms with Gasteiger partial charge in [-0.3, -0.25) is 0 Å². The predicted octanol–water partition coefficient (Wildman–Crippen LogP) is 3.11. The van der Waals surface area contributed by atoms with Gasteiger partial charge in [-0.15, -0.1) is 11.6 Å². The fraction of sp³-hybridized carbons (Fsp3) is 0.364. The minimum absolute atomic E-state index is 0.203. The van der Waals surface area contributed by atoms with Crippen LogP contribution in [0.2, 0.25) is 0 Å². The van der Waals surface area contributed by atoms with Crippen LogP contribution < -0.4 is 0 Å². The van der Waals surface area contributed by atoms with Gasteiger partial charge >= 0.3 is 0 Å². The first-order valence-electron chi connectivity index (χ1n) is 4.93. The topological polar surface area (TPSA) is 57.9 Å². The van der Waals surface area contributed by atoms with E-state index in [0.29, 0.717) is 22.3 Å². The predicted molar refractivity (Wildman–Crippen MR) is 70.8 cm³/mol. The van der Waals surface area contributed by atoms with Crippen molar-refractivity contribution in [1.82, 2.24) is 0 Å². The standard InChI is InChI=1S/C11H11BrClNO2S/c1-8(4-5-13)17(15,16)11-3-2-9(7-14)6-10(11)12/h2-3,6,8H,4-5H2,1H3. The molecule has 0 aliphatic rings. The summed E-state index contributed by atoms with van der Waals surface area (Å²) in [6.07, 6.45) is 0.399. The molecule has 0 saturated carbocycles. The van der Waals surface area contributed by atoms with E-state index >= 15 is 0 Å². The highest BCUT2D eigenvalue weighted by Crippen LogP contribution is 2.27. The van der Waals surface area contributed by atoms with Crippen LogP contribution in [0.4, 0.5) is 0 Å². The van der Waals surface area contributed by atoms with E-state index in [1.54, 1.807) is 6.92 Å². The largest absolute Gasteiger partial charge is 0.223 e. The van der Waals surface area contributed by atoms with Crippen LogP contribution in [0.1, 0.15) is 18.9 Å². The summed E-state index contributed by atoms with van der Waals surface area (Å²) in [4.78, 5) is 0.203. The van der Waals surface area contributed by atoms with Gasteiger partial charge in [-0.2, -0.15) is 5.26 Å². The molecule has 0 heterocycles. The molecule has 0 aliphatic heterocycles. The second-order valence-corrected chi connectivity index (χ2v) is 7.16. The molecule has 1 aromatic carbocycles. The molecular weight excluding hydrogens is 326 g/mol. The highest BCUT2D eigenvalue weighted by atomic mass is 79.9. The first-order chi connectivity index (χ1) is 7.93. The molecule has 0 bridgehead atoms. The van der Waals surface area contributed by atoms with Gasteiger partial charge in [-0.25, -0.2) is 8.42 Å². The van der Waals surface area contributed by atoms with Gasteiger partial charge in [-0.05, 0) is 47.5 Å². The lowest BCUT2D eigenvalue weighted by Gasteiger charge is -2.12. The molecule has 0 aliphatic carbocycles. The SMILES string of the molecule is CC(CCCl)S(=O)(=O)c1ccc(C#N)cc1Br. The molecule has 0 fully saturated rings. The Labute approximate surface area is 114 Å². The van der Waals surface area contributed by atoms with Crippen LogP contribution in [-0.2, 0) is 9.84 Å². The third kappa shape index (κ3) is 3.21. The second-order valence-electron chi connectivity index (χ2n) is 3.59. The number of rotatable bonds is 4. The second kappa shape index (κ2) is 5.85. The third-order valence-electron chi connectivity index (χ3n) is 2.41. The van der Waals surface area contributed by atoms with E-state index in [9.17, 15) is 8.42 Å². The summed E-state index contributed by atoms with van der Waals surface area (Å²) < 4.78 is 24.8. The number of nitriles is 1. The number of benzene rings is 1. The van der Waals surface area contributed by atoms with E-state index in [0.717, 1.165) is 0 Å². The van der Waals surface area contributed by atoms with Gasteiger partial charge in [0.15, 0.2) is 9.84 Å². The van der Waals surface area contributed by atoms with E-state index in [1.165, 1.54) is 18.2 Å². The first kappa shape index (κ1) is 14.5. The van der Waals surface area contributed by atoms with Crippen molar-refractivity contribution < 1.29 is 8.42 Å². The monoisotopic (exact) mass is 335 g/mol. The van der Waals surface area contributed by atoms with Gasteiger partial charge in [0.25, 0.3) is 0 Å². The van der Waals surface area contributed by atoms with Crippen molar-refractivity contribution in [1.29, 1.82) is 5.26 Å². The molecule has 1 atom stereocenters. The molecule has 1 aromatic rings. The lowest BCUT2D eigenvalue weighted by Crippen LogP contribution is -2.19. The summed E-state index contributed by atoms with van der Waals surface area (Å²) in [7, 11) is -3.40. The number of sulfone groups is 1. The molecule has 0 aromatic heterocycles. The van der Waals surface area contributed by atoms with Crippen LogP contribution in [0, 0.1) is 11.3 Å².